The van der Waals surface area contributed by atoms with Crippen LogP contribution in [0, 0.1) is 0 Å². The normalized spacial score (nSPS) is 28.9. The van der Waals surface area contributed by atoms with Crippen molar-refractivity contribution in [2.45, 2.75) is 19.9 Å². The number of rotatable bonds is 1. The van der Waals surface area contributed by atoms with Crippen LogP contribution in [-0.4, -0.2) is 72.5 Å². The van der Waals surface area contributed by atoms with Crippen LogP contribution in [0.2, 0.25) is 0 Å². The first-order chi connectivity index (χ1) is 7.20. The summed E-state index contributed by atoms with van der Waals surface area (Å²) in [5, 5.41) is 0. The molecule has 0 unspecified atom stereocenters. The van der Waals surface area contributed by atoms with E-state index >= 15 is 0 Å². The highest BCUT2D eigenvalue weighted by Crippen LogP contribution is 2.15. The number of carbonyl (C=O) groups excluding carboxylic acids is 1. The van der Waals surface area contributed by atoms with Gasteiger partial charge in [0.1, 0.15) is 0 Å². The van der Waals surface area contributed by atoms with Gasteiger partial charge in [0.2, 0.25) is 5.91 Å². The summed E-state index contributed by atoms with van der Waals surface area (Å²) < 4.78 is 0. The zero-order valence-electron chi connectivity index (χ0n) is 9.78. The largest absolute Gasteiger partial charge is 0.340 e. The van der Waals surface area contributed by atoms with Gasteiger partial charge in [-0.15, -0.1) is 0 Å². The molecule has 86 valence electrons. The van der Waals surface area contributed by atoms with E-state index in [-0.39, 0.29) is 5.91 Å². The Morgan fingerprint density at radius 1 is 1.20 bits per heavy atom. The second-order valence-electron chi connectivity index (χ2n) is 4.55. The molecule has 0 aliphatic carbocycles. The van der Waals surface area contributed by atoms with Gasteiger partial charge in [0.25, 0.3) is 0 Å². The molecule has 2 heterocycles. The maximum absolute atomic E-state index is 11.3. The van der Waals surface area contributed by atoms with Crippen LogP contribution < -0.4 is 0 Å². The Morgan fingerprint density at radius 3 is 2.60 bits per heavy atom. The molecule has 0 N–H and O–H groups in total. The first-order valence-corrected chi connectivity index (χ1v) is 5.92. The molecule has 4 heteroatoms. The van der Waals surface area contributed by atoms with Gasteiger partial charge in [0, 0.05) is 52.2 Å². The van der Waals surface area contributed by atoms with E-state index in [0.29, 0.717) is 6.04 Å². The molecule has 2 aliphatic rings. The SMILES string of the molecule is CCN1CCN2CCN(C(C)=O)C[C@H]2C1. The van der Waals surface area contributed by atoms with Gasteiger partial charge in [-0.05, 0) is 6.54 Å². The smallest absolute Gasteiger partial charge is 0.219 e. The molecule has 4 nitrogen and oxygen atoms in total. The van der Waals surface area contributed by atoms with Gasteiger partial charge in [-0.2, -0.15) is 0 Å². The van der Waals surface area contributed by atoms with Crippen LogP contribution in [0.5, 0.6) is 0 Å². The summed E-state index contributed by atoms with van der Waals surface area (Å²) in [4.78, 5) is 18.3. The van der Waals surface area contributed by atoms with E-state index in [1.54, 1.807) is 6.92 Å². The summed E-state index contributed by atoms with van der Waals surface area (Å²) in [6.45, 7) is 11.4. The lowest BCUT2D eigenvalue weighted by Crippen LogP contribution is -2.62. The number of piperazine rings is 2. The predicted octanol–water partition coefficient (Wildman–Crippen LogP) is -0.145. The lowest BCUT2D eigenvalue weighted by atomic mass is 10.1. The molecule has 0 aromatic heterocycles. The van der Waals surface area contributed by atoms with Crippen LogP contribution in [-0.2, 0) is 4.79 Å². The van der Waals surface area contributed by atoms with Crippen molar-refractivity contribution in [1.82, 2.24) is 14.7 Å². The van der Waals surface area contributed by atoms with Gasteiger partial charge in [0.15, 0.2) is 0 Å². The lowest BCUT2D eigenvalue weighted by molar-refractivity contribution is -0.132. The Hall–Kier alpha value is -0.610. The molecule has 2 aliphatic heterocycles. The van der Waals surface area contributed by atoms with Gasteiger partial charge >= 0.3 is 0 Å². The van der Waals surface area contributed by atoms with Gasteiger partial charge in [-0.1, -0.05) is 6.92 Å². The minimum Gasteiger partial charge on any atom is -0.340 e. The molecule has 1 amide bonds. The summed E-state index contributed by atoms with van der Waals surface area (Å²) in [5.74, 6) is 0.225. The third kappa shape index (κ3) is 2.32. The Bertz CT molecular complexity index is 244. The first-order valence-electron chi connectivity index (χ1n) is 5.92. The Morgan fingerprint density at radius 2 is 1.93 bits per heavy atom. The number of carbonyl (C=O) groups is 1. The molecule has 2 saturated heterocycles. The lowest BCUT2D eigenvalue weighted by Gasteiger charge is -2.47. The third-order valence-corrected chi connectivity index (χ3v) is 3.67. The van der Waals surface area contributed by atoms with Crippen LogP contribution in [0.4, 0.5) is 0 Å². The Balaban J connectivity index is 1.94. The van der Waals surface area contributed by atoms with Crippen LogP contribution in [0.25, 0.3) is 0 Å². The molecule has 1 atom stereocenters. The van der Waals surface area contributed by atoms with E-state index in [2.05, 4.69) is 16.7 Å². The molecular weight excluding hydrogens is 190 g/mol. The van der Waals surface area contributed by atoms with Crippen molar-refractivity contribution in [2.75, 3.05) is 45.8 Å². The summed E-state index contributed by atoms with van der Waals surface area (Å²) in [5.41, 5.74) is 0. The second kappa shape index (κ2) is 4.49. The fourth-order valence-corrected chi connectivity index (χ4v) is 2.59. The molecule has 0 aromatic rings. The zero-order chi connectivity index (χ0) is 10.8. The quantitative estimate of drug-likeness (QED) is 0.604. The average molecular weight is 211 g/mol. The van der Waals surface area contributed by atoms with Gasteiger partial charge in [0.05, 0.1) is 0 Å². The summed E-state index contributed by atoms with van der Waals surface area (Å²) >= 11 is 0. The Kier molecular flexibility index (Phi) is 3.26. The molecule has 0 aromatic carbocycles. The highest BCUT2D eigenvalue weighted by atomic mass is 16.2. The van der Waals surface area contributed by atoms with Crippen molar-refractivity contribution in [3.8, 4) is 0 Å². The molecular formula is C11H21N3O. The summed E-state index contributed by atoms with van der Waals surface area (Å²) in [6, 6.07) is 0.566. The third-order valence-electron chi connectivity index (χ3n) is 3.67. The van der Waals surface area contributed by atoms with Crippen molar-refractivity contribution in [1.29, 1.82) is 0 Å². The van der Waals surface area contributed by atoms with E-state index in [1.165, 1.54) is 13.1 Å². The van der Waals surface area contributed by atoms with Crippen LogP contribution >= 0.6 is 0 Å². The van der Waals surface area contributed by atoms with Crippen molar-refractivity contribution in [2.24, 2.45) is 0 Å². The van der Waals surface area contributed by atoms with Gasteiger partial charge < -0.3 is 9.80 Å². The van der Waals surface area contributed by atoms with Crippen molar-refractivity contribution in [3.05, 3.63) is 0 Å². The molecule has 2 rings (SSSR count). The summed E-state index contributed by atoms with van der Waals surface area (Å²) in [6.07, 6.45) is 0. The van der Waals surface area contributed by atoms with E-state index in [9.17, 15) is 4.79 Å². The van der Waals surface area contributed by atoms with Crippen LogP contribution in [0.15, 0.2) is 0 Å². The van der Waals surface area contributed by atoms with Crippen molar-refractivity contribution in [3.63, 3.8) is 0 Å². The maximum atomic E-state index is 11.3. The number of likely N-dealkylation sites (N-methyl/N-ethyl adjacent to an activating group) is 1. The second-order valence-corrected chi connectivity index (χ2v) is 4.55. The fraction of sp³-hybridized carbons (Fsp3) is 0.909. The maximum Gasteiger partial charge on any atom is 0.219 e. The van der Waals surface area contributed by atoms with Gasteiger partial charge in [-0.3, -0.25) is 9.69 Å². The van der Waals surface area contributed by atoms with E-state index < -0.39 is 0 Å². The molecule has 0 bridgehead atoms. The van der Waals surface area contributed by atoms with E-state index in [4.69, 9.17) is 0 Å². The number of amides is 1. The number of fused-ring (bicyclic) bond motifs is 1. The standard InChI is InChI=1S/C11H21N3O/c1-3-12-4-5-13-6-7-14(10(2)15)9-11(13)8-12/h11H,3-9H2,1-2H3/t11-/m1/s1. The van der Waals surface area contributed by atoms with E-state index in [1.807, 2.05) is 4.90 Å². The highest BCUT2D eigenvalue weighted by Gasteiger charge is 2.32. The number of hydrogen-bond donors (Lipinski definition) is 0. The number of hydrogen-bond acceptors (Lipinski definition) is 3. The molecule has 0 spiro atoms. The van der Waals surface area contributed by atoms with Crippen molar-refractivity contribution >= 4 is 5.91 Å². The minimum absolute atomic E-state index is 0.225. The highest BCUT2D eigenvalue weighted by molar-refractivity contribution is 5.73. The monoisotopic (exact) mass is 211 g/mol. The van der Waals surface area contributed by atoms with Crippen LogP contribution in [0.1, 0.15) is 13.8 Å². The molecule has 0 saturated carbocycles. The van der Waals surface area contributed by atoms with Crippen LogP contribution in [0.3, 0.4) is 0 Å². The minimum atomic E-state index is 0.225. The van der Waals surface area contributed by atoms with E-state index in [0.717, 1.165) is 32.7 Å². The molecule has 0 radical (unpaired) electrons. The van der Waals surface area contributed by atoms with Gasteiger partial charge in [-0.25, -0.2) is 0 Å². The molecule has 15 heavy (non-hydrogen) atoms. The molecule has 2 fully saturated rings. The zero-order valence-corrected chi connectivity index (χ0v) is 9.78. The average Bonchev–Trinajstić information content (AvgIpc) is 2.27. The topological polar surface area (TPSA) is 26.8 Å². The number of nitrogens with zero attached hydrogens (tertiary/aromatic N) is 3. The first kappa shape index (κ1) is 10.9. The predicted molar refractivity (Wildman–Crippen MR) is 59.7 cm³/mol. The summed E-state index contributed by atoms with van der Waals surface area (Å²) in [7, 11) is 0. The fourth-order valence-electron chi connectivity index (χ4n) is 2.59. The Labute approximate surface area is 91.8 Å². The van der Waals surface area contributed by atoms with Crippen molar-refractivity contribution < 1.29 is 4.79 Å².